The highest BCUT2D eigenvalue weighted by atomic mass is 32.2. The largest absolute Gasteiger partial charge is 0.480 e. The van der Waals surface area contributed by atoms with Crippen LogP contribution < -0.4 is 10.6 Å². The number of hydrogen-bond donors (Lipinski definition) is 3. The van der Waals surface area contributed by atoms with Crippen LogP contribution in [0.2, 0.25) is 0 Å². The molecule has 0 heterocycles. The summed E-state index contributed by atoms with van der Waals surface area (Å²) in [5, 5.41) is 13.6. The first-order chi connectivity index (χ1) is 6.99. The van der Waals surface area contributed by atoms with E-state index >= 15 is 0 Å². The minimum atomic E-state index is -1.03. The van der Waals surface area contributed by atoms with Gasteiger partial charge in [-0.3, -0.25) is 4.79 Å². The normalized spacial score (nSPS) is 19.1. The third-order valence-corrected chi connectivity index (χ3v) is 3.95. The van der Waals surface area contributed by atoms with Gasteiger partial charge in [0.05, 0.1) is 0 Å². The van der Waals surface area contributed by atoms with E-state index in [9.17, 15) is 9.59 Å². The van der Waals surface area contributed by atoms with Gasteiger partial charge in [-0.2, -0.15) is 11.8 Å². The van der Waals surface area contributed by atoms with Crippen LogP contribution in [0.25, 0.3) is 0 Å². The molecule has 1 aliphatic carbocycles. The molecule has 1 rings (SSSR count). The summed E-state index contributed by atoms with van der Waals surface area (Å²) in [7, 11) is 0. The van der Waals surface area contributed by atoms with E-state index in [0.29, 0.717) is 6.54 Å². The zero-order valence-electron chi connectivity index (χ0n) is 8.87. The van der Waals surface area contributed by atoms with Crippen molar-refractivity contribution in [1.29, 1.82) is 0 Å². The SMILES string of the molecule is CSC1(CNC(=O)N[C@H](C)C(=O)O)CC1. The second-order valence-electron chi connectivity index (χ2n) is 3.77. The van der Waals surface area contributed by atoms with Gasteiger partial charge in [0.1, 0.15) is 6.04 Å². The maximum absolute atomic E-state index is 11.3. The molecule has 6 heteroatoms. The number of amides is 2. The Bertz CT molecular complexity index is 266. The van der Waals surface area contributed by atoms with E-state index in [1.807, 2.05) is 6.26 Å². The lowest BCUT2D eigenvalue weighted by atomic mass is 10.3. The van der Waals surface area contributed by atoms with Gasteiger partial charge in [0.2, 0.25) is 0 Å². The second-order valence-corrected chi connectivity index (χ2v) is 5.05. The topological polar surface area (TPSA) is 78.4 Å². The van der Waals surface area contributed by atoms with Crippen LogP contribution in [-0.2, 0) is 4.79 Å². The predicted molar refractivity (Wildman–Crippen MR) is 59.1 cm³/mol. The van der Waals surface area contributed by atoms with Crippen molar-refractivity contribution in [2.24, 2.45) is 0 Å². The molecule has 0 aliphatic heterocycles. The molecule has 1 atom stereocenters. The fourth-order valence-corrected chi connectivity index (χ4v) is 1.87. The van der Waals surface area contributed by atoms with Crippen LogP contribution in [-0.4, -0.2) is 40.7 Å². The summed E-state index contributed by atoms with van der Waals surface area (Å²) in [6.45, 7) is 2.04. The Hall–Kier alpha value is -0.910. The molecule has 0 unspecified atom stereocenters. The zero-order chi connectivity index (χ0) is 11.5. The lowest BCUT2D eigenvalue weighted by Crippen LogP contribution is -2.46. The molecule has 0 bridgehead atoms. The Kier molecular flexibility index (Phi) is 3.84. The van der Waals surface area contributed by atoms with Crippen molar-refractivity contribution in [3.8, 4) is 0 Å². The Morgan fingerprint density at radius 3 is 2.53 bits per heavy atom. The molecule has 0 aromatic carbocycles. The molecule has 1 fully saturated rings. The van der Waals surface area contributed by atoms with Crippen molar-refractivity contribution in [3.05, 3.63) is 0 Å². The van der Waals surface area contributed by atoms with Gasteiger partial charge in [-0.1, -0.05) is 0 Å². The molecule has 2 amide bonds. The van der Waals surface area contributed by atoms with Crippen LogP contribution >= 0.6 is 11.8 Å². The van der Waals surface area contributed by atoms with Crippen molar-refractivity contribution in [2.45, 2.75) is 30.6 Å². The smallest absolute Gasteiger partial charge is 0.325 e. The average molecular weight is 232 g/mol. The van der Waals surface area contributed by atoms with Gasteiger partial charge in [0, 0.05) is 11.3 Å². The molecule has 0 aromatic heterocycles. The summed E-state index contributed by atoms with van der Waals surface area (Å²) in [5.41, 5.74) is 0. The van der Waals surface area contributed by atoms with Crippen LogP contribution in [0.3, 0.4) is 0 Å². The monoisotopic (exact) mass is 232 g/mol. The van der Waals surface area contributed by atoms with E-state index in [4.69, 9.17) is 5.11 Å². The van der Waals surface area contributed by atoms with Gasteiger partial charge >= 0.3 is 12.0 Å². The minimum Gasteiger partial charge on any atom is -0.480 e. The minimum absolute atomic E-state index is 0.198. The van der Waals surface area contributed by atoms with E-state index in [1.54, 1.807) is 11.8 Å². The third kappa shape index (κ3) is 3.62. The highest BCUT2D eigenvalue weighted by molar-refractivity contribution is 8.00. The number of carbonyl (C=O) groups excluding carboxylic acids is 1. The maximum Gasteiger partial charge on any atom is 0.325 e. The lowest BCUT2D eigenvalue weighted by Gasteiger charge is -2.15. The lowest BCUT2D eigenvalue weighted by molar-refractivity contribution is -0.138. The molecule has 0 aromatic rings. The molecule has 0 spiro atoms. The number of urea groups is 1. The summed E-state index contributed by atoms with van der Waals surface area (Å²) in [5.74, 6) is -1.03. The Morgan fingerprint density at radius 1 is 1.53 bits per heavy atom. The van der Waals surface area contributed by atoms with Crippen LogP contribution in [0.4, 0.5) is 4.79 Å². The number of carbonyl (C=O) groups is 2. The summed E-state index contributed by atoms with van der Waals surface area (Å²) >= 11 is 1.75. The Morgan fingerprint density at radius 2 is 2.13 bits per heavy atom. The van der Waals surface area contributed by atoms with Crippen LogP contribution in [0.1, 0.15) is 19.8 Å². The van der Waals surface area contributed by atoms with E-state index < -0.39 is 18.0 Å². The number of carboxylic acid groups (broad SMARTS) is 1. The Labute approximate surface area is 93.0 Å². The summed E-state index contributed by atoms with van der Waals surface area (Å²) in [6.07, 6.45) is 4.25. The number of aliphatic carboxylic acids is 1. The van der Waals surface area contributed by atoms with E-state index in [-0.39, 0.29) is 4.75 Å². The highest BCUT2D eigenvalue weighted by Gasteiger charge is 2.41. The quantitative estimate of drug-likeness (QED) is 0.650. The second kappa shape index (κ2) is 4.74. The first-order valence-electron chi connectivity index (χ1n) is 4.81. The molecular formula is C9H16N2O3S. The molecule has 1 saturated carbocycles. The maximum atomic E-state index is 11.3. The van der Waals surface area contributed by atoms with Crippen molar-refractivity contribution in [1.82, 2.24) is 10.6 Å². The van der Waals surface area contributed by atoms with E-state index in [0.717, 1.165) is 12.8 Å². The summed E-state index contributed by atoms with van der Waals surface area (Å²) in [6, 6.07) is -1.26. The first-order valence-corrected chi connectivity index (χ1v) is 6.04. The van der Waals surface area contributed by atoms with Crippen LogP contribution in [0, 0.1) is 0 Å². The number of nitrogens with one attached hydrogen (secondary N) is 2. The van der Waals surface area contributed by atoms with Crippen molar-refractivity contribution < 1.29 is 14.7 Å². The van der Waals surface area contributed by atoms with Crippen molar-refractivity contribution >= 4 is 23.8 Å². The zero-order valence-corrected chi connectivity index (χ0v) is 9.69. The molecule has 0 saturated heterocycles. The van der Waals surface area contributed by atoms with Gasteiger partial charge in [0.15, 0.2) is 0 Å². The van der Waals surface area contributed by atoms with Gasteiger partial charge in [-0.15, -0.1) is 0 Å². The van der Waals surface area contributed by atoms with Gasteiger partial charge in [-0.25, -0.2) is 4.79 Å². The first kappa shape index (κ1) is 12.2. The molecule has 86 valence electrons. The standard InChI is InChI=1S/C9H16N2O3S/c1-6(7(12)13)11-8(14)10-5-9(15-2)3-4-9/h6H,3-5H2,1-2H3,(H,12,13)(H2,10,11,14)/t6-/m1/s1. The molecular weight excluding hydrogens is 216 g/mol. The van der Waals surface area contributed by atoms with Gasteiger partial charge in [-0.05, 0) is 26.0 Å². The molecule has 5 nitrogen and oxygen atoms in total. The molecule has 1 aliphatic rings. The predicted octanol–water partition coefficient (Wildman–Crippen LogP) is 0.654. The number of rotatable bonds is 5. The molecule has 0 radical (unpaired) electrons. The van der Waals surface area contributed by atoms with Gasteiger partial charge in [0.25, 0.3) is 0 Å². The molecule has 3 N–H and O–H groups in total. The van der Waals surface area contributed by atoms with Crippen LogP contribution in [0.5, 0.6) is 0 Å². The van der Waals surface area contributed by atoms with E-state index in [1.165, 1.54) is 6.92 Å². The van der Waals surface area contributed by atoms with Crippen molar-refractivity contribution in [2.75, 3.05) is 12.8 Å². The average Bonchev–Trinajstić information content (AvgIpc) is 2.95. The summed E-state index contributed by atoms with van der Waals surface area (Å²) < 4.78 is 0.198. The number of carboxylic acids is 1. The van der Waals surface area contributed by atoms with Crippen molar-refractivity contribution in [3.63, 3.8) is 0 Å². The highest BCUT2D eigenvalue weighted by Crippen LogP contribution is 2.46. The third-order valence-electron chi connectivity index (χ3n) is 2.53. The van der Waals surface area contributed by atoms with Gasteiger partial charge < -0.3 is 15.7 Å². The number of hydrogen-bond acceptors (Lipinski definition) is 3. The Balaban J connectivity index is 2.22. The van der Waals surface area contributed by atoms with Crippen LogP contribution in [0.15, 0.2) is 0 Å². The fourth-order valence-electron chi connectivity index (χ4n) is 1.14. The fraction of sp³-hybridized carbons (Fsp3) is 0.778. The molecule has 15 heavy (non-hydrogen) atoms. The van der Waals surface area contributed by atoms with E-state index in [2.05, 4.69) is 10.6 Å². The number of thioether (sulfide) groups is 1. The summed E-state index contributed by atoms with van der Waals surface area (Å²) in [4.78, 5) is 21.7.